The molecule has 0 aliphatic carbocycles. The van der Waals surface area contributed by atoms with Crippen LogP contribution in [0.1, 0.15) is 11.1 Å². The van der Waals surface area contributed by atoms with Gasteiger partial charge in [0.2, 0.25) is 18.4 Å². The maximum absolute atomic E-state index is 12.1. The van der Waals surface area contributed by atoms with E-state index < -0.39 is 4.92 Å². The topological polar surface area (TPSA) is 119 Å². The van der Waals surface area contributed by atoms with Gasteiger partial charge in [0.05, 0.1) is 15.1 Å². The number of anilines is 3. The molecule has 2 aliphatic rings. The number of benzene rings is 2. The van der Waals surface area contributed by atoms with Gasteiger partial charge in [-0.15, -0.1) is 0 Å². The summed E-state index contributed by atoms with van der Waals surface area (Å²) >= 11 is 1.43. The maximum atomic E-state index is 12.1. The minimum Gasteiger partial charge on any atom is -0.454 e. The van der Waals surface area contributed by atoms with Crippen LogP contribution in [0.4, 0.5) is 22.5 Å². The standard InChI is InChI=1S/C24H23N7O4S/c1-15-3-2-4-19-20(15)27-24(36-19)28-22-21(31(32)33)23(26-13-25-22)30-9-7-29(8-10-30)12-16-5-6-17-18(11-16)35-14-34-17/h2-6,11,13H,7-10,12,14H2,1H3,(H,25,26,27,28). The predicted molar refractivity (Wildman–Crippen MR) is 136 cm³/mol. The van der Waals surface area contributed by atoms with E-state index in [0.717, 1.165) is 52.5 Å². The molecule has 0 bridgehead atoms. The van der Waals surface area contributed by atoms with Crippen LogP contribution < -0.4 is 19.7 Å². The number of nitro groups is 1. The fourth-order valence-electron chi connectivity index (χ4n) is 4.52. The lowest BCUT2D eigenvalue weighted by Gasteiger charge is -2.35. The number of hydrogen-bond acceptors (Lipinski definition) is 11. The smallest absolute Gasteiger partial charge is 0.353 e. The van der Waals surface area contributed by atoms with Crippen LogP contribution in [-0.2, 0) is 6.54 Å². The van der Waals surface area contributed by atoms with E-state index in [9.17, 15) is 10.1 Å². The number of hydrogen-bond donors (Lipinski definition) is 1. The minimum atomic E-state index is -0.421. The fraction of sp³-hybridized carbons (Fsp3) is 0.292. The molecule has 184 valence electrons. The molecule has 0 saturated carbocycles. The van der Waals surface area contributed by atoms with Crippen molar-refractivity contribution in [2.45, 2.75) is 13.5 Å². The van der Waals surface area contributed by atoms with Gasteiger partial charge in [0.15, 0.2) is 16.6 Å². The Balaban J connectivity index is 1.18. The summed E-state index contributed by atoms with van der Waals surface area (Å²) in [5, 5.41) is 15.7. The molecule has 1 saturated heterocycles. The van der Waals surface area contributed by atoms with Gasteiger partial charge in [0.25, 0.3) is 0 Å². The third kappa shape index (κ3) is 4.25. The first-order valence-electron chi connectivity index (χ1n) is 11.5. The lowest BCUT2D eigenvalue weighted by atomic mass is 10.1. The molecule has 4 aromatic rings. The summed E-state index contributed by atoms with van der Waals surface area (Å²) in [6.07, 6.45) is 1.36. The van der Waals surface area contributed by atoms with Crippen molar-refractivity contribution in [3.63, 3.8) is 0 Å². The quantitative estimate of drug-likeness (QED) is 0.303. The summed E-state index contributed by atoms with van der Waals surface area (Å²) in [7, 11) is 0. The third-order valence-corrected chi connectivity index (χ3v) is 7.28. The van der Waals surface area contributed by atoms with E-state index in [4.69, 9.17) is 9.47 Å². The summed E-state index contributed by atoms with van der Waals surface area (Å²) in [6.45, 7) is 5.73. The Morgan fingerprint density at radius 1 is 1.11 bits per heavy atom. The van der Waals surface area contributed by atoms with Gasteiger partial charge in [-0.1, -0.05) is 29.5 Å². The van der Waals surface area contributed by atoms with Crippen LogP contribution in [0.25, 0.3) is 10.2 Å². The molecule has 2 aliphatic heterocycles. The fourth-order valence-corrected chi connectivity index (χ4v) is 5.46. The molecule has 36 heavy (non-hydrogen) atoms. The molecular formula is C24H23N7O4S. The zero-order chi connectivity index (χ0) is 24.6. The summed E-state index contributed by atoms with van der Waals surface area (Å²) in [5.41, 5.74) is 2.92. The molecular weight excluding hydrogens is 482 g/mol. The van der Waals surface area contributed by atoms with Crippen molar-refractivity contribution in [3.05, 3.63) is 64.0 Å². The van der Waals surface area contributed by atoms with Crippen molar-refractivity contribution in [3.8, 4) is 11.5 Å². The third-order valence-electron chi connectivity index (χ3n) is 6.35. The number of nitrogens with one attached hydrogen (secondary N) is 1. The Labute approximate surface area is 210 Å². The maximum Gasteiger partial charge on any atom is 0.353 e. The molecule has 0 spiro atoms. The van der Waals surface area contributed by atoms with E-state index in [2.05, 4.69) is 25.2 Å². The summed E-state index contributed by atoms with van der Waals surface area (Å²) in [4.78, 5) is 29.0. The second-order valence-corrected chi connectivity index (χ2v) is 9.70. The van der Waals surface area contributed by atoms with Gasteiger partial charge in [0.1, 0.15) is 6.33 Å². The van der Waals surface area contributed by atoms with Gasteiger partial charge >= 0.3 is 5.69 Å². The SMILES string of the molecule is Cc1cccc2sc(Nc3ncnc(N4CCN(Cc5ccc6c(c5)OCO6)CC4)c3[N+](=O)[O-])nc12. The van der Waals surface area contributed by atoms with E-state index >= 15 is 0 Å². The molecule has 1 fully saturated rings. The van der Waals surface area contributed by atoms with Crippen LogP contribution in [0.2, 0.25) is 0 Å². The monoisotopic (exact) mass is 505 g/mol. The molecule has 0 radical (unpaired) electrons. The highest BCUT2D eigenvalue weighted by Gasteiger charge is 2.30. The highest BCUT2D eigenvalue weighted by molar-refractivity contribution is 7.22. The molecule has 1 N–H and O–H groups in total. The van der Waals surface area contributed by atoms with E-state index in [0.29, 0.717) is 24.0 Å². The minimum absolute atomic E-state index is 0.141. The Bertz CT molecular complexity index is 1450. The number of fused-ring (bicyclic) bond motifs is 2. The van der Waals surface area contributed by atoms with Crippen LogP contribution in [0.5, 0.6) is 11.5 Å². The second kappa shape index (κ2) is 9.21. The van der Waals surface area contributed by atoms with Gasteiger partial charge in [0, 0.05) is 32.7 Å². The predicted octanol–water partition coefficient (Wildman–Crippen LogP) is 4.10. The number of aryl methyl sites for hydroxylation is 1. The molecule has 4 heterocycles. The van der Waals surface area contributed by atoms with Crippen molar-refractivity contribution < 1.29 is 14.4 Å². The second-order valence-electron chi connectivity index (χ2n) is 8.67. The van der Waals surface area contributed by atoms with Gasteiger partial charge in [-0.25, -0.2) is 15.0 Å². The first kappa shape index (κ1) is 22.4. The number of rotatable bonds is 6. The highest BCUT2D eigenvalue weighted by atomic mass is 32.1. The summed E-state index contributed by atoms with van der Waals surface area (Å²) < 4.78 is 11.9. The Hall–Kier alpha value is -4.03. The molecule has 6 rings (SSSR count). The number of ether oxygens (including phenoxy) is 2. The van der Waals surface area contributed by atoms with Crippen molar-refractivity contribution >= 4 is 44.0 Å². The van der Waals surface area contributed by atoms with Crippen molar-refractivity contribution in [2.75, 3.05) is 43.2 Å². The van der Waals surface area contributed by atoms with E-state index in [1.54, 1.807) is 0 Å². The number of nitrogens with zero attached hydrogens (tertiary/aromatic N) is 6. The number of para-hydroxylation sites is 1. The molecule has 11 nitrogen and oxygen atoms in total. The Morgan fingerprint density at radius 2 is 1.94 bits per heavy atom. The van der Waals surface area contributed by atoms with Gasteiger partial charge in [-0.2, -0.15) is 0 Å². The van der Waals surface area contributed by atoms with Crippen LogP contribution >= 0.6 is 11.3 Å². The largest absolute Gasteiger partial charge is 0.454 e. The van der Waals surface area contributed by atoms with Crippen molar-refractivity contribution in [1.29, 1.82) is 0 Å². The normalized spacial score (nSPS) is 15.4. The van der Waals surface area contributed by atoms with Crippen LogP contribution in [0.3, 0.4) is 0 Å². The molecule has 0 unspecified atom stereocenters. The van der Waals surface area contributed by atoms with Gasteiger partial charge in [-0.05, 0) is 36.2 Å². The molecule has 0 amide bonds. The van der Waals surface area contributed by atoms with Crippen LogP contribution in [-0.4, -0.2) is 57.7 Å². The molecule has 12 heteroatoms. The molecule has 0 atom stereocenters. The highest BCUT2D eigenvalue weighted by Crippen LogP contribution is 2.37. The Morgan fingerprint density at radius 3 is 2.75 bits per heavy atom. The van der Waals surface area contributed by atoms with E-state index in [1.807, 2.05) is 48.2 Å². The van der Waals surface area contributed by atoms with Gasteiger partial charge in [-0.3, -0.25) is 15.0 Å². The van der Waals surface area contributed by atoms with Gasteiger partial charge < -0.3 is 19.7 Å². The first-order valence-corrected chi connectivity index (χ1v) is 12.4. The molecule has 2 aromatic heterocycles. The Kier molecular flexibility index (Phi) is 5.74. The number of aromatic nitrogens is 3. The first-order chi connectivity index (χ1) is 17.5. The average Bonchev–Trinajstić information content (AvgIpc) is 3.51. The molecule has 2 aromatic carbocycles. The number of thiazole rings is 1. The van der Waals surface area contributed by atoms with Crippen molar-refractivity contribution in [2.24, 2.45) is 0 Å². The average molecular weight is 506 g/mol. The zero-order valence-corrected chi connectivity index (χ0v) is 20.3. The lowest BCUT2D eigenvalue weighted by molar-refractivity contribution is -0.383. The van der Waals surface area contributed by atoms with E-state index in [1.165, 1.54) is 17.7 Å². The zero-order valence-electron chi connectivity index (χ0n) is 19.5. The summed E-state index contributed by atoms with van der Waals surface area (Å²) in [5.74, 6) is 2.00. The van der Waals surface area contributed by atoms with Crippen LogP contribution in [0.15, 0.2) is 42.7 Å². The summed E-state index contributed by atoms with van der Waals surface area (Å²) in [6, 6.07) is 11.9. The van der Waals surface area contributed by atoms with E-state index in [-0.39, 0.29) is 18.3 Å². The van der Waals surface area contributed by atoms with Crippen molar-refractivity contribution in [1.82, 2.24) is 19.9 Å². The van der Waals surface area contributed by atoms with Crippen LogP contribution in [0, 0.1) is 17.0 Å². The number of piperazine rings is 1. The lowest BCUT2D eigenvalue weighted by Crippen LogP contribution is -2.46.